The van der Waals surface area contributed by atoms with Crippen molar-refractivity contribution in [1.82, 2.24) is 19.9 Å². The van der Waals surface area contributed by atoms with E-state index < -0.39 is 9.73 Å². The molecule has 37 heavy (non-hydrogen) atoms. The first-order valence-corrected chi connectivity index (χ1v) is 14.9. The van der Waals surface area contributed by atoms with Crippen LogP contribution in [0, 0.1) is 11.3 Å². The Kier molecular flexibility index (Phi) is 5.66. The second-order valence-electron chi connectivity index (χ2n) is 10.6. The lowest BCUT2D eigenvalue weighted by Gasteiger charge is -2.44. The fraction of sp³-hybridized carbons (Fsp3) is 0.407. The van der Waals surface area contributed by atoms with Gasteiger partial charge in [-0.25, -0.2) is 14.2 Å². The Morgan fingerprint density at radius 3 is 2.76 bits per heavy atom. The van der Waals surface area contributed by atoms with Gasteiger partial charge in [-0.15, -0.1) is 0 Å². The van der Waals surface area contributed by atoms with Crippen LogP contribution >= 0.6 is 0 Å². The number of fused-ring (bicyclic) bond motifs is 1. The quantitative estimate of drug-likeness (QED) is 0.489. The van der Waals surface area contributed by atoms with Crippen molar-refractivity contribution in [3.63, 3.8) is 0 Å². The summed E-state index contributed by atoms with van der Waals surface area (Å²) >= 11 is 0. The number of nitrogens with zero attached hydrogens (tertiary/aromatic N) is 6. The Labute approximate surface area is 217 Å². The first-order valence-electron chi connectivity index (χ1n) is 12.6. The molecule has 0 radical (unpaired) electrons. The number of aromatic nitrogens is 3. The molecule has 2 aromatic heterocycles. The van der Waals surface area contributed by atoms with Crippen LogP contribution in [0.1, 0.15) is 53.9 Å². The molecule has 3 aromatic rings. The molecule has 1 aromatic carbocycles. The monoisotopic (exact) mass is 514 g/mol. The maximum Gasteiger partial charge on any atom is 0.229 e. The number of aryl methyl sites for hydroxylation is 1. The average Bonchev–Trinajstić information content (AvgIpc) is 3.64. The maximum absolute atomic E-state index is 12.1. The first kappa shape index (κ1) is 23.8. The summed E-state index contributed by atoms with van der Waals surface area (Å²) < 4.78 is 16.2. The van der Waals surface area contributed by atoms with Crippen LogP contribution in [-0.2, 0) is 22.7 Å². The van der Waals surface area contributed by atoms with Gasteiger partial charge >= 0.3 is 0 Å². The van der Waals surface area contributed by atoms with E-state index in [4.69, 9.17) is 0 Å². The molecule has 2 aliphatic carbocycles. The van der Waals surface area contributed by atoms with E-state index in [0.29, 0.717) is 40.4 Å². The fourth-order valence-electron chi connectivity index (χ4n) is 5.99. The number of hydrogen-bond donors (Lipinski definition) is 2. The highest BCUT2D eigenvalue weighted by Crippen LogP contribution is 2.59. The topological polar surface area (TPSA) is 119 Å². The summed E-state index contributed by atoms with van der Waals surface area (Å²) in [6.07, 6.45) is 10.8. The van der Waals surface area contributed by atoms with Gasteiger partial charge in [0, 0.05) is 45.9 Å². The Balaban J connectivity index is 1.29. The van der Waals surface area contributed by atoms with Crippen LogP contribution in [-0.4, -0.2) is 49.2 Å². The predicted molar refractivity (Wildman–Crippen MR) is 145 cm³/mol. The van der Waals surface area contributed by atoms with E-state index in [1.54, 1.807) is 36.3 Å². The summed E-state index contributed by atoms with van der Waals surface area (Å²) in [7, 11) is -0.0800. The molecule has 10 heteroatoms. The second-order valence-corrected chi connectivity index (χ2v) is 13.1. The Hall–Kier alpha value is -3.55. The Morgan fingerprint density at radius 2 is 2.00 bits per heavy atom. The molecule has 3 aliphatic rings. The summed E-state index contributed by atoms with van der Waals surface area (Å²) in [5.74, 6) is 2.19. The van der Waals surface area contributed by atoms with Crippen molar-refractivity contribution >= 4 is 38.8 Å². The third kappa shape index (κ3) is 4.54. The number of rotatable bonds is 5. The molecular formula is C27H30N8OS. The molecular weight excluding hydrogens is 484 g/mol. The van der Waals surface area contributed by atoms with Crippen molar-refractivity contribution in [3.8, 4) is 6.07 Å². The SMILES string of the molecule is CN1Cc2cc(Nc3ncc(C#N)c(Nc4cccc(N=S(C)(C)=O)n4)n3)cc3c2C(CCC3)C12CC2. The highest BCUT2D eigenvalue weighted by Gasteiger charge is 2.56. The van der Waals surface area contributed by atoms with Crippen LogP contribution in [0.4, 0.5) is 29.1 Å². The van der Waals surface area contributed by atoms with Crippen molar-refractivity contribution in [3.05, 3.63) is 58.8 Å². The molecule has 1 fully saturated rings. The maximum atomic E-state index is 12.1. The van der Waals surface area contributed by atoms with Crippen LogP contribution in [0.25, 0.3) is 0 Å². The minimum atomic E-state index is -2.35. The molecule has 1 spiro atoms. The number of pyridine rings is 1. The van der Waals surface area contributed by atoms with Gasteiger partial charge in [0.05, 0.1) is 6.20 Å². The molecule has 0 bridgehead atoms. The predicted octanol–water partition coefficient (Wildman–Crippen LogP) is 4.99. The third-order valence-corrected chi connectivity index (χ3v) is 8.30. The summed E-state index contributed by atoms with van der Waals surface area (Å²) in [5.41, 5.74) is 6.06. The van der Waals surface area contributed by atoms with Gasteiger partial charge in [-0.1, -0.05) is 6.07 Å². The molecule has 9 nitrogen and oxygen atoms in total. The van der Waals surface area contributed by atoms with Gasteiger partial charge in [0.15, 0.2) is 11.6 Å². The van der Waals surface area contributed by atoms with Crippen molar-refractivity contribution in [1.29, 1.82) is 5.26 Å². The van der Waals surface area contributed by atoms with Gasteiger partial charge in [0.2, 0.25) is 5.95 Å². The van der Waals surface area contributed by atoms with Crippen molar-refractivity contribution in [2.24, 2.45) is 4.36 Å². The Morgan fingerprint density at radius 1 is 1.19 bits per heavy atom. The molecule has 0 saturated heterocycles. The van der Waals surface area contributed by atoms with Crippen molar-refractivity contribution in [2.75, 3.05) is 30.2 Å². The number of benzene rings is 1. The number of likely N-dealkylation sites (N-methyl/N-ethyl adjacent to an activating group) is 1. The van der Waals surface area contributed by atoms with Crippen LogP contribution in [0.15, 0.2) is 40.9 Å². The van der Waals surface area contributed by atoms with E-state index >= 15 is 0 Å². The van der Waals surface area contributed by atoms with Gasteiger partial charge in [-0.2, -0.15) is 14.6 Å². The molecule has 1 atom stereocenters. The fourth-order valence-corrected chi connectivity index (χ4v) is 6.54. The van der Waals surface area contributed by atoms with E-state index in [-0.39, 0.29) is 0 Å². The van der Waals surface area contributed by atoms with E-state index in [0.717, 1.165) is 18.7 Å². The zero-order valence-corrected chi connectivity index (χ0v) is 22.1. The van der Waals surface area contributed by atoms with Crippen LogP contribution in [0.3, 0.4) is 0 Å². The number of nitriles is 1. The summed E-state index contributed by atoms with van der Waals surface area (Å²) in [6, 6.07) is 11.8. The minimum Gasteiger partial charge on any atom is -0.324 e. The van der Waals surface area contributed by atoms with E-state index in [1.807, 2.05) is 0 Å². The smallest absolute Gasteiger partial charge is 0.229 e. The highest BCUT2D eigenvalue weighted by molar-refractivity contribution is 7.92. The first-order chi connectivity index (χ1) is 17.7. The number of hydrogen-bond acceptors (Lipinski definition) is 9. The third-order valence-electron chi connectivity index (χ3n) is 7.68. The van der Waals surface area contributed by atoms with Gasteiger partial charge in [0.1, 0.15) is 17.5 Å². The molecule has 6 rings (SSSR count). The van der Waals surface area contributed by atoms with E-state index in [1.165, 1.54) is 43.0 Å². The number of nitrogens with one attached hydrogen (secondary N) is 2. The molecule has 3 heterocycles. The second kappa shape index (κ2) is 8.78. The Bertz CT molecular complexity index is 1560. The van der Waals surface area contributed by atoms with Gasteiger partial charge in [-0.05, 0) is 80.1 Å². The highest BCUT2D eigenvalue weighted by atomic mass is 32.2. The van der Waals surface area contributed by atoms with E-state index in [2.05, 4.69) is 60.1 Å². The molecule has 1 unspecified atom stereocenters. The van der Waals surface area contributed by atoms with Gasteiger partial charge < -0.3 is 10.6 Å². The van der Waals surface area contributed by atoms with Crippen LogP contribution < -0.4 is 10.6 Å². The van der Waals surface area contributed by atoms with Gasteiger partial charge in [-0.3, -0.25) is 4.90 Å². The summed E-state index contributed by atoms with van der Waals surface area (Å²) in [6.45, 7) is 0.963. The summed E-state index contributed by atoms with van der Waals surface area (Å²) in [4.78, 5) is 15.9. The van der Waals surface area contributed by atoms with Crippen molar-refractivity contribution < 1.29 is 4.21 Å². The summed E-state index contributed by atoms with van der Waals surface area (Å²) in [5, 5.41) is 16.1. The molecule has 1 saturated carbocycles. The van der Waals surface area contributed by atoms with Crippen LogP contribution in [0.2, 0.25) is 0 Å². The number of anilines is 4. The minimum absolute atomic E-state index is 0.296. The molecule has 2 N–H and O–H groups in total. The average molecular weight is 515 g/mol. The lowest BCUT2D eigenvalue weighted by Crippen LogP contribution is -2.44. The lowest BCUT2D eigenvalue weighted by atomic mass is 9.72. The standard InChI is InChI=1S/C27H30N8OS/c1-35-16-18-13-20(12-17-6-4-7-21(24(17)18)27(35)10-11-27)30-26-29-15-19(14-28)25(33-26)32-22-8-5-9-23(31-22)34-37(2,3)36/h5,8-9,12-13,15,21H,4,6-7,10-11,16H2,1-3H3,(H2,29,30,31,32,33). The normalized spacial score (nSPS) is 19.6. The zero-order chi connectivity index (χ0) is 25.8. The molecule has 190 valence electrons. The molecule has 1 aliphatic heterocycles. The largest absolute Gasteiger partial charge is 0.324 e. The van der Waals surface area contributed by atoms with Crippen LogP contribution in [0.5, 0.6) is 0 Å². The molecule has 0 amide bonds. The zero-order valence-electron chi connectivity index (χ0n) is 21.3. The lowest BCUT2D eigenvalue weighted by molar-refractivity contribution is 0.150. The van der Waals surface area contributed by atoms with Crippen molar-refractivity contribution in [2.45, 2.75) is 50.1 Å². The van der Waals surface area contributed by atoms with E-state index in [9.17, 15) is 9.47 Å². The van der Waals surface area contributed by atoms with Gasteiger partial charge in [0.25, 0.3) is 0 Å².